The molecule has 0 amide bonds. The van der Waals surface area contributed by atoms with Crippen molar-refractivity contribution >= 4 is 11.4 Å². The van der Waals surface area contributed by atoms with E-state index in [4.69, 9.17) is 0 Å². The van der Waals surface area contributed by atoms with Crippen LogP contribution in [0.2, 0.25) is 0 Å². The van der Waals surface area contributed by atoms with Gasteiger partial charge in [0.25, 0.3) is 0 Å². The van der Waals surface area contributed by atoms with Crippen LogP contribution < -0.4 is 0 Å². The molecule has 3 heteroatoms. The Balaban J connectivity index is 1.82. The molecule has 0 aromatic heterocycles. The zero-order valence-corrected chi connectivity index (χ0v) is 11.3. The summed E-state index contributed by atoms with van der Waals surface area (Å²) in [6.45, 7) is 0. The number of hydrogen-bond donors (Lipinski definition) is 1. The van der Waals surface area contributed by atoms with Gasteiger partial charge in [-0.05, 0) is 35.9 Å². The van der Waals surface area contributed by atoms with Crippen molar-refractivity contribution in [2.75, 3.05) is 0 Å². The fourth-order valence-corrected chi connectivity index (χ4v) is 2.04. The predicted molar refractivity (Wildman–Crippen MR) is 84.2 cm³/mol. The van der Waals surface area contributed by atoms with Crippen LogP contribution in [0.3, 0.4) is 0 Å². The van der Waals surface area contributed by atoms with E-state index in [1.165, 1.54) is 0 Å². The zero-order valence-electron chi connectivity index (χ0n) is 11.3. The predicted octanol–water partition coefficient (Wildman–Crippen LogP) is 5.47. The molecule has 0 heterocycles. The summed E-state index contributed by atoms with van der Waals surface area (Å²) >= 11 is 0. The van der Waals surface area contributed by atoms with Gasteiger partial charge in [-0.25, -0.2) is 0 Å². The van der Waals surface area contributed by atoms with Crippen molar-refractivity contribution < 1.29 is 5.11 Å². The molecule has 0 spiro atoms. The van der Waals surface area contributed by atoms with Crippen LogP contribution in [0, 0.1) is 0 Å². The average molecular weight is 274 g/mol. The van der Waals surface area contributed by atoms with E-state index < -0.39 is 0 Å². The summed E-state index contributed by atoms with van der Waals surface area (Å²) in [7, 11) is 0. The number of azo groups is 1. The van der Waals surface area contributed by atoms with E-state index in [-0.39, 0.29) is 5.75 Å². The summed E-state index contributed by atoms with van der Waals surface area (Å²) in [5.41, 5.74) is 3.36. The van der Waals surface area contributed by atoms with E-state index in [2.05, 4.69) is 10.2 Å². The Hall–Kier alpha value is -2.94. The summed E-state index contributed by atoms with van der Waals surface area (Å²) in [4.78, 5) is 0. The zero-order chi connectivity index (χ0) is 14.5. The van der Waals surface area contributed by atoms with Gasteiger partial charge in [-0.1, -0.05) is 48.5 Å². The van der Waals surface area contributed by atoms with Crippen molar-refractivity contribution in [3.63, 3.8) is 0 Å². The molecule has 3 aromatic rings. The third kappa shape index (κ3) is 3.15. The van der Waals surface area contributed by atoms with Crippen LogP contribution in [-0.4, -0.2) is 5.11 Å². The smallest absolute Gasteiger partial charge is 0.123 e. The lowest BCUT2D eigenvalue weighted by Crippen LogP contribution is -1.77. The molecule has 0 radical (unpaired) electrons. The Morgan fingerprint density at radius 1 is 0.571 bits per heavy atom. The summed E-state index contributed by atoms with van der Waals surface area (Å²) < 4.78 is 0. The second-order valence-corrected chi connectivity index (χ2v) is 4.60. The Morgan fingerprint density at radius 2 is 1.14 bits per heavy atom. The fourth-order valence-electron chi connectivity index (χ4n) is 2.04. The van der Waals surface area contributed by atoms with E-state index in [9.17, 15) is 5.11 Å². The lowest BCUT2D eigenvalue weighted by molar-refractivity contribution is 0.477. The van der Waals surface area contributed by atoms with Gasteiger partial charge in [-0.15, -0.1) is 0 Å². The molecule has 21 heavy (non-hydrogen) atoms. The van der Waals surface area contributed by atoms with Crippen molar-refractivity contribution in [3.8, 4) is 16.9 Å². The normalized spacial score (nSPS) is 10.9. The number of phenols is 1. The number of rotatable bonds is 3. The maximum Gasteiger partial charge on any atom is 0.123 e. The fraction of sp³-hybridized carbons (Fsp3) is 0. The lowest BCUT2D eigenvalue weighted by Gasteiger charge is -2.04. The second-order valence-electron chi connectivity index (χ2n) is 4.60. The molecule has 0 aliphatic heterocycles. The molecule has 0 atom stereocenters. The van der Waals surface area contributed by atoms with Gasteiger partial charge >= 0.3 is 0 Å². The van der Waals surface area contributed by atoms with Crippen LogP contribution in [0.1, 0.15) is 0 Å². The highest BCUT2D eigenvalue weighted by Crippen LogP contribution is 2.30. The molecule has 0 bridgehead atoms. The number of hydrogen-bond acceptors (Lipinski definition) is 3. The number of benzene rings is 3. The number of para-hydroxylation sites is 1. The largest absolute Gasteiger partial charge is 0.507 e. The van der Waals surface area contributed by atoms with Crippen molar-refractivity contribution in [3.05, 3.63) is 78.9 Å². The van der Waals surface area contributed by atoms with E-state index >= 15 is 0 Å². The summed E-state index contributed by atoms with van der Waals surface area (Å²) in [6, 6.07) is 24.5. The van der Waals surface area contributed by atoms with Crippen LogP contribution in [0.4, 0.5) is 11.4 Å². The molecule has 1 N–H and O–H groups in total. The first-order valence-corrected chi connectivity index (χ1v) is 6.68. The van der Waals surface area contributed by atoms with Crippen LogP contribution in [0.5, 0.6) is 5.75 Å². The molecule has 0 aliphatic rings. The Morgan fingerprint density at radius 3 is 1.81 bits per heavy atom. The quantitative estimate of drug-likeness (QED) is 0.632. The first kappa shape index (κ1) is 13.1. The Kier molecular flexibility index (Phi) is 3.74. The Labute approximate surface area is 123 Å². The number of phenolic OH excluding ortho intramolecular Hbond substituents is 1. The molecule has 0 fully saturated rings. The molecule has 3 aromatic carbocycles. The highest BCUT2D eigenvalue weighted by Gasteiger charge is 2.02. The molecular weight excluding hydrogens is 260 g/mol. The standard InChI is InChI=1S/C18H14N2O/c21-18-9-5-4-8-17(18)14-10-12-16(13-11-14)20-19-15-6-2-1-3-7-15/h1-13,21H/b20-19+. The molecule has 102 valence electrons. The van der Waals surface area contributed by atoms with Gasteiger partial charge in [0, 0.05) is 5.56 Å². The van der Waals surface area contributed by atoms with Gasteiger partial charge in [0.2, 0.25) is 0 Å². The summed E-state index contributed by atoms with van der Waals surface area (Å²) in [5, 5.41) is 18.2. The average Bonchev–Trinajstić information content (AvgIpc) is 2.55. The van der Waals surface area contributed by atoms with Gasteiger partial charge in [0.05, 0.1) is 11.4 Å². The van der Waals surface area contributed by atoms with Gasteiger partial charge in [0.15, 0.2) is 0 Å². The van der Waals surface area contributed by atoms with E-state index in [1.54, 1.807) is 12.1 Å². The van der Waals surface area contributed by atoms with Crippen molar-refractivity contribution in [2.45, 2.75) is 0 Å². The highest BCUT2D eigenvalue weighted by atomic mass is 16.3. The van der Waals surface area contributed by atoms with Gasteiger partial charge < -0.3 is 5.11 Å². The molecule has 0 unspecified atom stereocenters. The van der Waals surface area contributed by atoms with E-state index in [1.807, 2.05) is 66.7 Å². The third-order valence-corrected chi connectivity index (χ3v) is 3.12. The molecule has 3 rings (SSSR count). The highest BCUT2D eigenvalue weighted by molar-refractivity contribution is 5.71. The summed E-state index contributed by atoms with van der Waals surface area (Å²) in [6.07, 6.45) is 0. The van der Waals surface area contributed by atoms with Crippen LogP contribution in [0.15, 0.2) is 89.1 Å². The van der Waals surface area contributed by atoms with Gasteiger partial charge in [0.1, 0.15) is 5.75 Å². The van der Waals surface area contributed by atoms with E-state index in [0.717, 1.165) is 22.5 Å². The van der Waals surface area contributed by atoms with Crippen LogP contribution in [-0.2, 0) is 0 Å². The van der Waals surface area contributed by atoms with Crippen LogP contribution >= 0.6 is 0 Å². The minimum Gasteiger partial charge on any atom is -0.507 e. The second kappa shape index (κ2) is 6.01. The number of aromatic hydroxyl groups is 1. The molecule has 0 saturated heterocycles. The molecule has 0 aliphatic carbocycles. The third-order valence-electron chi connectivity index (χ3n) is 3.12. The minimum atomic E-state index is 0.274. The van der Waals surface area contributed by atoms with Gasteiger partial charge in [-0.2, -0.15) is 10.2 Å². The molecule has 0 saturated carbocycles. The SMILES string of the molecule is Oc1ccccc1-c1ccc(/N=N/c2ccccc2)cc1. The summed E-state index contributed by atoms with van der Waals surface area (Å²) in [5.74, 6) is 0.274. The van der Waals surface area contributed by atoms with Crippen molar-refractivity contribution in [2.24, 2.45) is 10.2 Å². The van der Waals surface area contributed by atoms with Crippen molar-refractivity contribution in [1.82, 2.24) is 0 Å². The Bertz CT molecular complexity index is 750. The first-order valence-electron chi connectivity index (χ1n) is 6.68. The van der Waals surface area contributed by atoms with Gasteiger partial charge in [-0.3, -0.25) is 0 Å². The maximum absolute atomic E-state index is 9.84. The molecular formula is C18H14N2O. The maximum atomic E-state index is 9.84. The minimum absolute atomic E-state index is 0.274. The first-order chi connectivity index (χ1) is 10.3. The van der Waals surface area contributed by atoms with E-state index in [0.29, 0.717) is 0 Å². The number of nitrogens with zero attached hydrogens (tertiary/aromatic N) is 2. The molecule has 3 nitrogen and oxygen atoms in total. The van der Waals surface area contributed by atoms with Crippen molar-refractivity contribution in [1.29, 1.82) is 0 Å². The topological polar surface area (TPSA) is 45.0 Å². The lowest BCUT2D eigenvalue weighted by atomic mass is 10.0. The van der Waals surface area contributed by atoms with Crippen LogP contribution in [0.25, 0.3) is 11.1 Å². The monoisotopic (exact) mass is 274 g/mol.